The maximum absolute atomic E-state index is 11.8. The smallest absolute Gasteiger partial charge is 0.254 e. The van der Waals surface area contributed by atoms with Gasteiger partial charge in [0.25, 0.3) is 5.91 Å². The van der Waals surface area contributed by atoms with E-state index in [1.54, 1.807) is 0 Å². The maximum Gasteiger partial charge on any atom is 0.254 e. The molecule has 1 heterocycles. The number of carbonyl (C=O) groups is 1. The summed E-state index contributed by atoms with van der Waals surface area (Å²) < 4.78 is 5.68. The third kappa shape index (κ3) is 1.11. The lowest BCUT2D eigenvalue weighted by Crippen LogP contribution is -2.82. The molecule has 2 fully saturated rings. The molecule has 0 bridgehead atoms. The number of hydrogen-bond acceptors (Lipinski definition) is 4. The Hall–Kier alpha value is -0.650. The van der Waals surface area contributed by atoms with E-state index in [0.29, 0.717) is 0 Å². The van der Waals surface area contributed by atoms with E-state index in [0.717, 1.165) is 19.4 Å². The van der Waals surface area contributed by atoms with Crippen molar-refractivity contribution in [3.05, 3.63) is 0 Å². The minimum Gasteiger partial charge on any atom is -0.377 e. The van der Waals surface area contributed by atoms with Gasteiger partial charge in [-0.1, -0.05) is 13.8 Å². The minimum absolute atomic E-state index is 0.0912. The predicted molar refractivity (Wildman–Crippen MR) is 55.5 cm³/mol. The lowest BCUT2D eigenvalue weighted by Gasteiger charge is -2.64. The van der Waals surface area contributed by atoms with Crippen molar-refractivity contribution in [2.24, 2.45) is 22.9 Å². The molecule has 1 amide bonds. The third-order valence-corrected chi connectivity index (χ3v) is 4.19. The number of hydrogen-bond donors (Lipinski definition) is 3. The van der Waals surface area contributed by atoms with Gasteiger partial charge < -0.3 is 10.5 Å². The van der Waals surface area contributed by atoms with Crippen LogP contribution in [0.1, 0.15) is 26.7 Å². The lowest BCUT2D eigenvalue weighted by molar-refractivity contribution is -0.225. The summed E-state index contributed by atoms with van der Waals surface area (Å²) in [6.45, 7) is 4.70. The van der Waals surface area contributed by atoms with E-state index in [2.05, 4.69) is 5.43 Å². The van der Waals surface area contributed by atoms with E-state index in [4.69, 9.17) is 16.3 Å². The van der Waals surface area contributed by atoms with Gasteiger partial charge in [-0.15, -0.1) is 0 Å². The molecule has 2 aliphatic rings. The molecule has 3 atom stereocenters. The second-order valence-electron chi connectivity index (χ2n) is 5.10. The topological polar surface area (TPSA) is 90.4 Å². The minimum atomic E-state index is -0.882. The summed E-state index contributed by atoms with van der Waals surface area (Å²) in [5, 5.41) is 0. The van der Waals surface area contributed by atoms with Gasteiger partial charge >= 0.3 is 0 Å². The van der Waals surface area contributed by atoms with Crippen LogP contribution in [0.4, 0.5) is 0 Å². The fraction of sp³-hybridized carbons (Fsp3) is 0.900. The zero-order chi connectivity index (χ0) is 11.3. The van der Waals surface area contributed by atoms with Crippen LogP contribution in [-0.2, 0) is 9.53 Å². The summed E-state index contributed by atoms with van der Waals surface area (Å²) >= 11 is 0. The first-order valence-electron chi connectivity index (χ1n) is 5.37. The van der Waals surface area contributed by atoms with Crippen LogP contribution in [-0.4, -0.2) is 24.2 Å². The number of nitrogens with one attached hydrogen (secondary N) is 1. The predicted octanol–water partition coefficient (Wildman–Crippen LogP) is -0.491. The molecule has 0 aromatic rings. The molecule has 0 radical (unpaired) electrons. The number of ether oxygens (including phenoxy) is 1. The number of carbonyl (C=O) groups excluding carboxylic acids is 1. The van der Waals surface area contributed by atoms with Crippen molar-refractivity contribution in [3.63, 3.8) is 0 Å². The van der Waals surface area contributed by atoms with Crippen molar-refractivity contribution in [3.8, 4) is 0 Å². The second-order valence-corrected chi connectivity index (χ2v) is 5.10. The highest BCUT2D eigenvalue weighted by Gasteiger charge is 2.70. The number of fused-ring (bicyclic) bond motifs is 1. The molecule has 5 nitrogen and oxygen atoms in total. The van der Waals surface area contributed by atoms with E-state index in [1.807, 2.05) is 13.8 Å². The van der Waals surface area contributed by atoms with E-state index in [9.17, 15) is 4.79 Å². The monoisotopic (exact) mass is 213 g/mol. The largest absolute Gasteiger partial charge is 0.377 e. The Morgan fingerprint density at radius 3 is 2.80 bits per heavy atom. The van der Waals surface area contributed by atoms with Crippen LogP contribution in [0.25, 0.3) is 0 Å². The van der Waals surface area contributed by atoms with Crippen LogP contribution >= 0.6 is 0 Å². The van der Waals surface area contributed by atoms with Crippen molar-refractivity contribution in [1.29, 1.82) is 0 Å². The Bertz CT molecular complexity index is 292. The van der Waals surface area contributed by atoms with Crippen molar-refractivity contribution in [2.75, 3.05) is 6.61 Å². The number of amides is 1. The van der Waals surface area contributed by atoms with Gasteiger partial charge in [0.1, 0.15) is 5.54 Å². The molecule has 1 aliphatic carbocycles. The number of nitrogens with two attached hydrogens (primary N) is 2. The van der Waals surface area contributed by atoms with Gasteiger partial charge in [0, 0.05) is 17.9 Å². The van der Waals surface area contributed by atoms with Crippen LogP contribution < -0.4 is 17.0 Å². The lowest BCUT2D eigenvalue weighted by atomic mass is 9.46. The quantitative estimate of drug-likeness (QED) is 0.311. The summed E-state index contributed by atoms with van der Waals surface area (Å²) in [7, 11) is 0. The first kappa shape index (κ1) is 10.9. The van der Waals surface area contributed by atoms with Crippen LogP contribution in [0.2, 0.25) is 0 Å². The van der Waals surface area contributed by atoms with Gasteiger partial charge in [0.2, 0.25) is 0 Å². The summed E-state index contributed by atoms with van der Waals surface area (Å²) in [6, 6.07) is 0. The molecule has 0 aromatic heterocycles. The number of hydrazine groups is 1. The molecule has 5 N–H and O–H groups in total. The molecule has 1 aliphatic heterocycles. The Kier molecular flexibility index (Phi) is 2.29. The SMILES string of the molecule is CC1(C)C2OCCCC2C1(N)C(=O)NN. The summed E-state index contributed by atoms with van der Waals surface area (Å²) in [6.07, 6.45) is 2.00. The fourth-order valence-electron chi connectivity index (χ4n) is 3.16. The Morgan fingerprint density at radius 1 is 1.53 bits per heavy atom. The van der Waals surface area contributed by atoms with Crippen molar-refractivity contribution >= 4 is 5.91 Å². The van der Waals surface area contributed by atoms with Crippen molar-refractivity contribution < 1.29 is 9.53 Å². The van der Waals surface area contributed by atoms with Crippen LogP contribution in [0.5, 0.6) is 0 Å². The molecule has 0 spiro atoms. The molecule has 2 rings (SSSR count). The Labute approximate surface area is 89.5 Å². The van der Waals surface area contributed by atoms with Gasteiger partial charge in [-0.05, 0) is 12.8 Å². The van der Waals surface area contributed by atoms with Crippen LogP contribution in [0.15, 0.2) is 0 Å². The fourth-order valence-corrected chi connectivity index (χ4v) is 3.16. The van der Waals surface area contributed by atoms with E-state index >= 15 is 0 Å². The number of rotatable bonds is 1. The zero-order valence-corrected chi connectivity index (χ0v) is 9.25. The molecule has 5 heteroatoms. The standard InChI is InChI=1S/C10H19N3O2/c1-9(2)7-6(4-3-5-15-7)10(9,11)8(14)13-12/h6-7H,3-5,11-12H2,1-2H3,(H,13,14). The average Bonchev–Trinajstić information content (AvgIpc) is 2.26. The Morgan fingerprint density at radius 2 is 2.20 bits per heavy atom. The molecule has 0 aromatic carbocycles. The van der Waals surface area contributed by atoms with E-state index < -0.39 is 5.54 Å². The van der Waals surface area contributed by atoms with Gasteiger partial charge in [0.15, 0.2) is 0 Å². The summed E-state index contributed by atoms with van der Waals surface area (Å²) in [4.78, 5) is 11.8. The zero-order valence-electron chi connectivity index (χ0n) is 9.25. The van der Waals surface area contributed by atoms with Gasteiger partial charge in [0.05, 0.1) is 6.10 Å². The average molecular weight is 213 g/mol. The molecule has 86 valence electrons. The highest BCUT2D eigenvalue weighted by Crippen LogP contribution is 2.57. The van der Waals surface area contributed by atoms with E-state index in [1.165, 1.54) is 0 Å². The summed E-state index contributed by atoms with van der Waals surface area (Å²) in [5.41, 5.74) is 7.17. The molecule has 15 heavy (non-hydrogen) atoms. The molecule has 1 saturated heterocycles. The summed E-state index contributed by atoms with van der Waals surface area (Å²) in [5.74, 6) is 5.01. The first-order valence-corrected chi connectivity index (χ1v) is 5.37. The van der Waals surface area contributed by atoms with Crippen LogP contribution in [0.3, 0.4) is 0 Å². The molecular weight excluding hydrogens is 194 g/mol. The highest BCUT2D eigenvalue weighted by molar-refractivity contribution is 5.89. The second kappa shape index (κ2) is 3.17. The Balaban J connectivity index is 2.28. The molecular formula is C10H19N3O2. The normalized spacial score (nSPS) is 42.7. The van der Waals surface area contributed by atoms with Gasteiger partial charge in [-0.2, -0.15) is 0 Å². The maximum atomic E-state index is 11.8. The van der Waals surface area contributed by atoms with Crippen LogP contribution in [0, 0.1) is 11.3 Å². The molecule has 3 unspecified atom stereocenters. The third-order valence-electron chi connectivity index (χ3n) is 4.19. The molecule has 1 saturated carbocycles. The van der Waals surface area contributed by atoms with Gasteiger partial charge in [-0.3, -0.25) is 10.2 Å². The van der Waals surface area contributed by atoms with Gasteiger partial charge in [-0.25, -0.2) is 5.84 Å². The van der Waals surface area contributed by atoms with Crippen molar-refractivity contribution in [1.82, 2.24) is 5.43 Å². The van der Waals surface area contributed by atoms with E-state index in [-0.39, 0.29) is 23.3 Å². The van der Waals surface area contributed by atoms with Crippen molar-refractivity contribution in [2.45, 2.75) is 38.3 Å². The highest BCUT2D eigenvalue weighted by atomic mass is 16.5. The first-order chi connectivity index (χ1) is 6.96.